The summed E-state index contributed by atoms with van der Waals surface area (Å²) < 4.78 is 0. The summed E-state index contributed by atoms with van der Waals surface area (Å²) in [5.74, 6) is 0.247. The number of hydrogen-bond acceptors (Lipinski definition) is 1. The van der Waals surface area contributed by atoms with E-state index in [9.17, 15) is 0 Å². The van der Waals surface area contributed by atoms with Gasteiger partial charge in [-0.2, -0.15) is 0 Å². The van der Waals surface area contributed by atoms with E-state index in [1.807, 2.05) is 6.07 Å². The third-order valence-electron chi connectivity index (χ3n) is 3.68. The van der Waals surface area contributed by atoms with Crippen molar-refractivity contribution in [1.29, 1.82) is 0 Å². The zero-order valence-corrected chi connectivity index (χ0v) is 11.1. The van der Waals surface area contributed by atoms with Crippen molar-refractivity contribution in [2.75, 3.05) is 6.54 Å². The van der Waals surface area contributed by atoms with Crippen LogP contribution in [0.25, 0.3) is 10.9 Å². The van der Waals surface area contributed by atoms with Gasteiger partial charge in [-0.25, -0.2) is 0 Å². The van der Waals surface area contributed by atoms with Gasteiger partial charge in [0.25, 0.3) is 0 Å². The molecular formula is C17H18N2. The van der Waals surface area contributed by atoms with E-state index in [-0.39, 0.29) is 5.92 Å². The summed E-state index contributed by atoms with van der Waals surface area (Å²) in [5.41, 5.74) is 11.0. The number of aromatic amines is 1. The Balaban J connectivity index is 2.14. The van der Waals surface area contributed by atoms with Crippen molar-refractivity contribution in [3.63, 3.8) is 0 Å². The molecule has 0 bridgehead atoms. The highest BCUT2D eigenvalue weighted by molar-refractivity contribution is 5.85. The molecule has 1 heterocycles. The van der Waals surface area contributed by atoms with Gasteiger partial charge in [0.15, 0.2) is 0 Å². The first kappa shape index (κ1) is 12.0. The summed E-state index contributed by atoms with van der Waals surface area (Å²) in [6.45, 7) is 2.74. The number of H-pyrrole nitrogens is 1. The number of aromatic nitrogens is 1. The second-order valence-corrected chi connectivity index (χ2v) is 4.99. The van der Waals surface area contributed by atoms with Gasteiger partial charge >= 0.3 is 0 Å². The van der Waals surface area contributed by atoms with E-state index in [1.165, 1.54) is 27.6 Å². The van der Waals surface area contributed by atoms with Crippen molar-refractivity contribution < 1.29 is 0 Å². The number of benzene rings is 2. The average Bonchev–Trinajstić information content (AvgIpc) is 2.84. The second-order valence-electron chi connectivity index (χ2n) is 4.99. The molecule has 2 heteroatoms. The molecule has 3 aromatic rings. The third kappa shape index (κ3) is 2.15. The molecule has 0 fully saturated rings. The molecule has 0 radical (unpaired) electrons. The molecule has 0 saturated heterocycles. The van der Waals surface area contributed by atoms with Crippen LogP contribution in [0.3, 0.4) is 0 Å². The van der Waals surface area contributed by atoms with E-state index in [0.29, 0.717) is 6.54 Å². The lowest BCUT2D eigenvalue weighted by Gasteiger charge is -2.14. The van der Waals surface area contributed by atoms with Gasteiger partial charge in [-0.05, 0) is 30.2 Å². The van der Waals surface area contributed by atoms with Crippen molar-refractivity contribution in [3.8, 4) is 0 Å². The van der Waals surface area contributed by atoms with Crippen LogP contribution in [0.2, 0.25) is 0 Å². The summed E-state index contributed by atoms with van der Waals surface area (Å²) in [7, 11) is 0. The largest absolute Gasteiger partial charge is 0.361 e. The quantitative estimate of drug-likeness (QED) is 0.733. The highest BCUT2D eigenvalue weighted by Gasteiger charge is 2.16. The van der Waals surface area contributed by atoms with Crippen LogP contribution in [0.5, 0.6) is 0 Å². The Morgan fingerprint density at radius 3 is 2.63 bits per heavy atom. The molecule has 0 aliphatic carbocycles. The minimum absolute atomic E-state index is 0.247. The van der Waals surface area contributed by atoms with E-state index < -0.39 is 0 Å². The van der Waals surface area contributed by atoms with Crippen LogP contribution >= 0.6 is 0 Å². The predicted octanol–water partition coefficient (Wildman–Crippen LogP) is 3.57. The molecule has 2 nitrogen and oxygen atoms in total. The van der Waals surface area contributed by atoms with Gasteiger partial charge in [0, 0.05) is 29.6 Å². The third-order valence-corrected chi connectivity index (χ3v) is 3.68. The SMILES string of the molecule is Cc1ccc2[nH]cc(C(CN)c3ccccc3)c2c1. The number of nitrogens with one attached hydrogen (secondary N) is 1. The van der Waals surface area contributed by atoms with Crippen LogP contribution < -0.4 is 5.73 Å². The van der Waals surface area contributed by atoms with E-state index >= 15 is 0 Å². The van der Waals surface area contributed by atoms with E-state index in [1.54, 1.807) is 0 Å². The van der Waals surface area contributed by atoms with E-state index in [2.05, 4.69) is 60.6 Å². The normalized spacial score (nSPS) is 12.7. The first-order valence-electron chi connectivity index (χ1n) is 6.62. The Labute approximate surface area is 113 Å². The molecular weight excluding hydrogens is 232 g/mol. The Morgan fingerprint density at radius 2 is 1.89 bits per heavy atom. The van der Waals surface area contributed by atoms with Crippen molar-refractivity contribution in [2.45, 2.75) is 12.8 Å². The molecule has 0 amide bonds. The molecule has 1 unspecified atom stereocenters. The minimum Gasteiger partial charge on any atom is -0.361 e. The molecule has 2 aromatic carbocycles. The highest BCUT2D eigenvalue weighted by atomic mass is 14.7. The number of rotatable bonds is 3. The van der Waals surface area contributed by atoms with Crippen LogP contribution in [0.15, 0.2) is 54.7 Å². The fraction of sp³-hybridized carbons (Fsp3) is 0.176. The lowest BCUT2D eigenvalue weighted by Crippen LogP contribution is -2.13. The average molecular weight is 250 g/mol. The fourth-order valence-electron chi connectivity index (χ4n) is 2.67. The molecule has 1 aromatic heterocycles. The van der Waals surface area contributed by atoms with Crippen LogP contribution in [-0.4, -0.2) is 11.5 Å². The Morgan fingerprint density at radius 1 is 1.11 bits per heavy atom. The molecule has 0 spiro atoms. The van der Waals surface area contributed by atoms with Gasteiger partial charge in [0.05, 0.1) is 0 Å². The number of fused-ring (bicyclic) bond motifs is 1. The summed E-state index contributed by atoms with van der Waals surface area (Å²) in [4.78, 5) is 3.34. The van der Waals surface area contributed by atoms with Crippen LogP contribution in [0.1, 0.15) is 22.6 Å². The molecule has 96 valence electrons. The van der Waals surface area contributed by atoms with Gasteiger partial charge in [0.1, 0.15) is 0 Å². The van der Waals surface area contributed by atoms with Gasteiger partial charge in [-0.1, -0.05) is 42.0 Å². The van der Waals surface area contributed by atoms with E-state index in [0.717, 1.165) is 0 Å². The molecule has 19 heavy (non-hydrogen) atoms. The maximum Gasteiger partial charge on any atom is 0.0457 e. The molecule has 3 N–H and O–H groups in total. The molecule has 1 atom stereocenters. The predicted molar refractivity (Wildman–Crippen MR) is 80.4 cm³/mol. The highest BCUT2D eigenvalue weighted by Crippen LogP contribution is 2.30. The number of nitrogens with two attached hydrogens (primary N) is 1. The summed E-state index contributed by atoms with van der Waals surface area (Å²) in [6.07, 6.45) is 2.09. The molecule has 0 aliphatic heterocycles. The zero-order valence-electron chi connectivity index (χ0n) is 11.1. The van der Waals surface area contributed by atoms with Gasteiger partial charge < -0.3 is 10.7 Å². The summed E-state index contributed by atoms with van der Waals surface area (Å²) in [5, 5.41) is 1.28. The van der Waals surface area contributed by atoms with Gasteiger partial charge in [-0.15, -0.1) is 0 Å². The Kier molecular flexibility index (Phi) is 3.10. The maximum absolute atomic E-state index is 6.01. The first-order valence-corrected chi connectivity index (χ1v) is 6.62. The molecule has 3 rings (SSSR count). The van der Waals surface area contributed by atoms with Gasteiger partial charge in [0.2, 0.25) is 0 Å². The van der Waals surface area contributed by atoms with Crippen molar-refractivity contribution in [2.24, 2.45) is 5.73 Å². The summed E-state index contributed by atoms with van der Waals surface area (Å²) >= 11 is 0. The van der Waals surface area contributed by atoms with Crippen LogP contribution in [-0.2, 0) is 0 Å². The zero-order chi connectivity index (χ0) is 13.2. The standard InChI is InChI=1S/C17H18N2/c1-12-7-8-17-14(9-12)16(11-19-17)15(10-18)13-5-3-2-4-6-13/h2-9,11,15,19H,10,18H2,1H3. The van der Waals surface area contributed by atoms with Gasteiger partial charge in [-0.3, -0.25) is 0 Å². The van der Waals surface area contributed by atoms with Crippen molar-refractivity contribution in [1.82, 2.24) is 4.98 Å². The molecule has 0 saturated carbocycles. The lowest BCUT2D eigenvalue weighted by atomic mass is 9.91. The topological polar surface area (TPSA) is 41.8 Å². The number of aryl methyl sites for hydroxylation is 1. The Bertz CT molecular complexity index is 683. The first-order chi connectivity index (χ1) is 9.29. The van der Waals surface area contributed by atoms with Crippen LogP contribution in [0, 0.1) is 6.92 Å². The van der Waals surface area contributed by atoms with E-state index in [4.69, 9.17) is 5.73 Å². The van der Waals surface area contributed by atoms with Crippen molar-refractivity contribution in [3.05, 3.63) is 71.4 Å². The Hall–Kier alpha value is -2.06. The maximum atomic E-state index is 6.01. The summed E-state index contributed by atoms with van der Waals surface area (Å²) in [6, 6.07) is 17.0. The fourth-order valence-corrected chi connectivity index (χ4v) is 2.67. The smallest absolute Gasteiger partial charge is 0.0457 e. The van der Waals surface area contributed by atoms with Crippen LogP contribution in [0.4, 0.5) is 0 Å². The second kappa shape index (κ2) is 4.90. The monoisotopic (exact) mass is 250 g/mol. The molecule has 0 aliphatic rings. The number of hydrogen-bond donors (Lipinski definition) is 2. The lowest BCUT2D eigenvalue weighted by molar-refractivity contribution is 0.825. The van der Waals surface area contributed by atoms with Crippen molar-refractivity contribution >= 4 is 10.9 Å². The minimum atomic E-state index is 0.247.